The van der Waals surface area contributed by atoms with Crippen molar-refractivity contribution in [1.82, 2.24) is 9.78 Å². The van der Waals surface area contributed by atoms with E-state index >= 15 is 0 Å². The first-order valence-electron chi connectivity index (χ1n) is 8.36. The molecule has 3 aromatic rings. The number of carbonyl (C=O) groups is 1. The van der Waals surface area contributed by atoms with Crippen molar-refractivity contribution >= 4 is 22.4 Å². The second kappa shape index (κ2) is 6.57. The van der Waals surface area contributed by atoms with Gasteiger partial charge in [0.2, 0.25) is 0 Å². The Morgan fingerprint density at radius 3 is 2.88 bits per heavy atom. The van der Waals surface area contributed by atoms with Crippen molar-refractivity contribution in [3.05, 3.63) is 54.4 Å². The zero-order chi connectivity index (χ0) is 17.2. The van der Waals surface area contributed by atoms with Crippen molar-refractivity contribution in [2.45, 2.75) is 25.5 Å². The number of carbonyl (C=O) groups excluding carboxylic acids is 1. The van der Waals surface area contributed by atoms with E-state index in [2.05, 4.69) is 10.4 Å². The molecule has 1 saturated heterocycles. The van der Waals surface area contributed by atoms with Gasteiger partial charge in [-0.25, -0.2) is 0 Å². The average molecular weight is 337 g/mol. The summed E-state index contributed by atoms with van der Waals surface area (Å²) >= 11 is 0. The van der Waals surface area contributed by atoms with Crippen LogP contribution in [-0.4, -0.2) is 33.5 Å². The van der Waals surface area contributed by atoms with E-state index in [1.807, 2.05) is 24.3 Å². The summed E-state index contributed by atoms with van der Waals surface area (Å²) in [7, 11) is 0. The van der Waals surface area contributed by atoms with Crippen molar-refractivity contribution in [2.24, 2.45) is 0 Å². The maximum absolute atomic E-state index is 12.5. The van der Waals surface area contributed by atoms with E-state index in [1.165, 1.54) is 0 Å². The van der Waals surface area contributed by atoms with Gasteiger partial charge in [0, 0.05) is 12.8 Å². The Morgan fingerprint density at radius 2 is 2.12 bits per heavy atom. The van der Waals surface area contributed by atoms with Gasteiger partial charge in [-0.05, 0) is 35.7 Å². The first-order valence-corrected chi connectivity index (χ1v) is 8.36. The molecule has 6 heteroatoms. The van der Waals surface area contributed by atoms with Crippen molar-refractivity contribution in [3.8, 4) is 5.75 Å². The molecule has 0 aliphatic carbocycles. The Labute approximate surface area is 145 Å². The van der Waals surface area contributed by atoms with Crippen molar-refractivity contribution in [2.75, 3.05) is 11.9 Å². The zero-order valence-corrected chi connectivity index (χ0v) is 13.7. The molecule has 0 bridgehead atoms. The van der Waals surface area contributed by atoms with Crippen LogP contribution in [0.1, 0.15) is 23.2 Å². The van der Waals surface area contributed by atoms with Gasteiger partial charge in [-0.2, -0.15) is 5.10 Å². The molecule has 1 aliphatic heterocycles. The summed E-state index contributed by atoms with van der Waals surface area (Å²) in [6, 6.07) is 10.9. The Hall–Kier alpha value is -2.86. The highest BCUT2D eigenvalue weighted by atomic mass is 16.5. The molecule has 1 amide bonds. The summed E-state index contributed by atoms with van der Waals surface area (Å²) in [6.07, 6.45) is 5.68. The Morgan fingerprint density at radius 1 is 1.32 bits per heavy atom. The number of nitrogens with zero attached hydrogens (tertiary/aromatic N) is 2. The van der Waals surface area contributed by atoms with E-state index in [0.29, 0.717) is 12.2 Å². The molecule has 25 heavy (non-hydrogen) atoms. The second-order valence-electron chi connectivity index (χ2n) is 6.26. The highest BCUT2D eigenvalue weighted by molar-refractivity contribution is 6.08. The molecule has 1 aromatic heterocycles. The van der Waals surface area contributed by atoms with Crippen LogP contribution in [0.3, 0.4) is 0 Å². The number of phenols is 1. The van der Waals surface area contributed by atoms with Gasteiger partial charge in [0.1, 0.15) is 5.75 Å². The normalized spacial score (nSPS) is 17.0. The van der Waals surface area contributed by atoms with E-state index in [0.717, 1.165) is 30.2 Å². The molecular formula is C19H19N3O3. The van der Waals surface area contributed by atoms with E-state index in [1.54, 1.807) is 29.2 Å². The number of amides is 1. The maximum atomic E-state index is 12.5. The van der Waals surface area contributed by atoms with Crippen molar-refractivity contribution in [3.63, 3.8) is 0 Å². The molecule has 2 aromatic carbocycles. The third-order valence-electron chi connectivity index (χ3n) is 4.41. The summed E-state index contributed by atoms with van der Waals surface area (Å²) in [5.41, 5.74) is 0.834. The molecule has 1 atom stereocenters. The predicted molar refractivity (Wildman–Crippen MR) is 94.8 cm³/mol. The number of fused-ring (bicyclic) bond motifs is 1. The van der Waals surface area contributed by atoms with E-state index in [-0.39, 0.29) is 23.3 Å². The van der Waals surface area contributed by atoms with Crippen LogP contribution in [0, 0.1) is 0 Å². The van der Waals surface area contributed by atoms with Crippen LogP contribution in [0.4, 0.5) is 5.69 Å². The molecule has 1 fully saturated rings. The number of nitrogens with one attached hydrogen (secondary N) is 1. The fourth-order valence-corrected chi connectivity index (χ4v) is 3.13. The van der Waals surface area contributed by atoms with Crippen molar-refractivity contribution < 1.29 is 14.6 Å². The number of phenolic OH excluding ortho intramolecular Hbond substituents is 1. The number of aromatic nitrogens is 2. The molecular weight excluding hydrogens is 318 g/mol. The molecule has 0 spiro atoms. The minimum absolute atomic E-state index is 0.0389. The van der Waals surface area contributed by atoms with Gasteiger partial charge in [0.25, 0.3) is 5.91 Å². The number of ether oxygens (including phenoxy) is 1. The fourth-order valence-electron chi connectivity index (χ4n) is 3.13. The summed E-state index contributed by atoms with van der Waals surface area (Å²) in [6.45, 7) is 1.48. The molecule has 1 unspecified atom stereocenters. The lowest BCUT2D eigenvalue weighted by atomic mass is 10.1. The fraction of sp³-hybridized carbons (Fsp3) is 0.263. The number of hydrogen-bond acceptors (Lipinski definition) is 4. The number of rotatable bonds is 4. The monoisotopic (exact) mass is 337 g/mol. The number of anilines is 1. The van der Waals surface area contributed by atoms with Crippen LogP contribution in [0.2, 0.25) is 0 Å². The standard InChI is InChI=1S/C19H19N3O3/c23-18-9-14-5-2-1-4-13(14)8-17(18)19(24)21-15-10-20-22(11-15)12-16-6-3-7-25-16/h1-2,4-5,8-11,16,23H,3,6-7,12H2,(H,21,24). The van der Waals surface area contributed by atoms with Crippen LogP contribution in [0.25, 0.3) is 10.8 Å². The SMILES string of the molecule is O=C(Nc1cnn(CC2CCCO2)c1)c1cc2ccccc2cc1O. The molecule has 6 nitrogen and oxygen atoms in total. The van der Waals surface area contributed by atoms with Gasteiger partial charge in [-0.1, -0.05) is 24.3 Å². The quantitative estimate of drug-likeness (QED) is 0.767. The smallest absolute Gasteiger partial charge is 0.259 e. The maximum Gasteiger partial charge on any atom is 0.259 e. The van der Waals surface area contributed by atoms with Crippen LogP contribution in [-0.2, 0) is 11.3 Å². The minimum Gasteiger partial charge on any atom is -0.507 e. The minimum atomic E-state index is -0.361. The van der Waals surface area contributed by atoms with E-state index < -0.39 is 0 Å². The van der Waals surface area contributed by atoms with Crippen LogP contribution < -0.4 is 5.32 Å². The van der Waals surface area contributed by atoms with E-state index in [4.69, 9.17) is 4.74 Å². The van der Waals surface area contributed by atoms with Gasteiger partial charge in [0.15, 0.2) is 0 Å². The molecule has 0 saturated carbocycles. The van der Waals surface area contributed by atoms with Gasteiger partial charge < -0.3 is 15.2 Å². The average Bonchev–Trinajstić information content (AvgIpc) is 3.27. The van der Waals surface area contributed by atoms with Crippen LogP contribution in [0.5, 0.6) is 5.75 Å². The molecule has 128 valence electrons. The first-order chi connectivity index (χ1) is 12.2. The highest BCUT2D eigenvalue weighted by Crippen LogP contribution is 2.25. The Balaban J connectivity index is 1.50. The first kappa shape index (κ1) is 15.7. The van der Waals surface area contributed by atoms with E-state index in [9.17, 15) is 9.90 Å². The lowest BCUT2D eigenvalue weighted by molar-refractivity contribution is 0.0940. The van der Waals surface area contributed by atoms with Crippen LogP contribution in [0.15, 0.2) is 48.8 Å². The predicted octanol–water partition coefficient (Wildman–Crippen LogP) is 3.17. The lowest BCUT2D eigenvalue weighted by Crippen LogP contribution is -2.15. The summed E-state index contributed by atoms with van der Waals surface area (Å²) < 4.78 is 7.36. The highest BCUT2D eigenvalue weighted by Gasteiger charge is 2.17. The molecule has 4 rings (SSSR count). The summed E-state index contributed by atoms with van der Waals surface area (Å²) in [4.78, 5) is 12.5. The van der Waals surface area contributed by atoms with Crippen LogP contribution >= 0.6 is 0 Å². The number of aromatic hydroxyl groups is 1. The number of benzene rings is 2. The largest absolute Gasteiger partial charge is 0.507 e. The Bertz CT molecular complexity index is 913. The molecule has 2 heterocycles. The van der Waals surface area contributed by atoms with Crippen molar-refractivity contribution in [1.29, 1.82) is 0 Å². The second-order valence-corrected chi connectivity index (χ2v) is 6.26. The van der Waals surface area contributed by atoms with Gasteiger partial charge in [0.05, 0.1) is 30.1 Å². The van der Waals surface area contributed by atoms with Gasteiger partial charge in [-0.3, -0.25) is 9.48 Å². The topological polar surface area (TPSA) is 76.4 Å². The lowest BCUT2D eigenvalue weighted by Gasteiger charge is -2.09. The number of hydrogen-bond donors (Lipinski definition) is 2. The summed E-state index contributed by atoms with van der Waals surface area (Å²) in [5, 5.41) is 19.0. The molecule has 2 N–H and O–H groups in total. The van der Waals surface area contributed by atoms with Gasteiger partial charge in [-0.15, -0.1) is 0 Å². The zero-order valence-electron chi connectivity index (χ0n) is 13.7. The third kappa shape index (κ3) is 3.34. The molecule has 1 aliphatic rings. The third-order valence-corrected chi connectivity index (χ3v) is 4.41. The summed E-state index contributed by atoms with van der Waals surface area (Å²) in [5.74, 6) is -0.400. The Kier molecular flexibility index (Phi) is 4.11. The molecule has 0 radical (unpaired) electrons. The van der Waals surface area contributed by atoms with Gasteiger partial charge >= 0.3 is 0 Å².